The minimum atomic E-state index is -0.234. The molecule has 3 aromatic carbocycles. The summed E-state index contributed by atoms with van der Waals surface area (Å²) < 4.78 is 5.74. The van der Waals surface area contributed by atoms with E-state index in [2.05, 4.69) is 55.0 Å². The number of hydrogen-bond donors (Lipinski definition) is 5. The van der Waals surface area contributed by atoms with Crippen LogP contribution in [0.3, 0.4) is 0 Å². The number of halogens is 1. The van der Waals surface area contributed by atoms with Gasteiger partial charge in [0.2, 0.25) is 11.9 Å². The number of nitrogens with zero attached hydrogens (tertiary/aromatic N) is 3. The number of ether oxygens (including phenoxy) is 1. The number of methoxy groups -OCH3 is 1. The second-order valence-electron chi connectivity index (χ2n) is 11.1. The fraction of sp³-hybridized carbons (Fsp3) is 0.235. The van der Waals surface area contributed by atoms with Crippen molar-refractivity contribution >= 4 is 63.6 Å². The maximum absolute atomic E-state index is 12.3. The summed E-state index contributed by atoms with van der Waals surface area (Å²) >= 11 is 6.41. The summed E-state index contributed by atoms with van der Waals surface area (Å²) in [6.45, 7) is 7.44. The monoisotopic (exact) mass is 640 g/mol. The number of para-hydroxylation sites is 1. The molecule has 0 spiro atoms. The van der Waals surface area contributed by atoms with Crippen LogP contribution < -0.4 is 36.2 Å². The first kappa shape index (κ1) is 32.1. The molecule has 0 aliphatic carbocycles. The van der Waals surface area contributed by atoms with Crippen molar-refractivity contribution in [3.05, 3.63) is 96.2 Å². The zero-order valence-electron chi connectivity index (χ0n) is 26.0. The molecule has 1 aliphatic heterocycles. The number of piperidine rings is 1. The van der Waals surface area contributed by atoms with Gasteiger partial charge in [-0.15, -0.1) is 0 Å². The van der Waals surface area contributed by atoms with Gasteiger partial charge in [-0.05, 0) is 74.4 Å². The van der Waals surface area contributed by atoms with Gasteiger partial charge in [-0.1, -0.05) is 30.3 Å². The molecule has 12 heteroatoms. The van der Waals surface area contributed by atoms with Crippen molar-refractivity contribution in [1.29, 1.82) is 0 Å². The lowest BCUT2D eigenvalue weighted by molar-refractivity contribution is -0.111. The van der Waals surface area contributed by atoms with Gasteiger partial charge < -0.3 is 36.2 Å². The highest BCUT2D eigenvalue weighted by Gasteiger charge is 2.30. The van der Waals surface area contributed by atoms with Gasteiger partial charge in [-0.25, -0.2) is 4.98 Å². The Morgan fingerprint density at radius 3 is 2.41 bits per heavy atom. The molecule has 0 saturated carbocycles. The van der Waals surface area contributed by atoms with E-state index in [-0.39, 0.29) is 17.4 Å². The quantitative estimate of drug-likeness (QED) is 0.115. The summed E-state index contributed by atoms with van der Waals surface area (Å²) in [4.78, 5) is 35.1. The number of amides is 2. The Balaban J connectivity index is 1.23. The van der Waals surface area contributed by atoms with Crippen LogP contribution in [0, 0.1) is 0 Å². The first-order valence-electron chi connectivity index (χ1n) is 14.8. The van der Waals surface area contributed by atoms with E-state index >= 15 is 0 Å². The van der Waals surface area contributed by atoms with Crippen molar-refractivity contribution < 1.29 is 14.3 Å². The van der Waals surface area contributed by atoms with Gasteiger partial charge in [0.1, 0.15) is 10.8 Å². The number of rotatable bonds is 11. The van der Waals surface area contributed by atoms with E-state index < -0.39 is 0 Å². The third-order valence-corrected chi connectivity index (χ3v) is 8.12. The largest absolute Gasteiger partial charge is 0.494 e. The molecule has 1 aromatic heterocycles. The van der Waals surface area contributed by atoms with Crippen LogP contribution in [0.1, 0.15) is 30.1 Å². The van der Waals surface area contributed by atoms with Crippen LogP contribution in [0.4, 0.5) is 40.2 Å². The Kier molecular flexibility index (Phi) is 9.92. The van der Waals surface area contributed by atoms with Crippen molar-refractivity contribution in [3.8, 4) is 5.75 Å². The Hall–Kier alpha value is -5.29. The number of anilines is 7. The Labute approximate surface area is 273 Å². The van der Waals surface area contributed by atoms with E-state index in [1.54, 1.807) is 32.4 Å². The minimum Gasteiger partial charge on any atom is -0.494 e. The van der Waals surface area contributed by atoms with Crippen LogP contribution in [0.25, 0.3) is 0 Å². The molecule has 0 bridgehead atoms. The fourth-order valence-corrected chi connectivity index (χ4v) is 5.37. The van der Waals surface area contributed by atoms with E-state index in [0.717, 1.165) is 43.0 Å². The van der Waals surface area contributed by atoms with E-state index in [1.165, 1.54) is 12.3 Å². The van der Waals surface area contributed by atoms with Crippen LogP contribution in [0.5, 0.6) is 5.75 Å². The lowest BCUT2D eigenvalue weighted by Crippen LogP contribution is -2.47. The Morgan fingerprint density at radius 1 is 1.00 bits per heavy atom. The molecule has 0 atom stereocenters. The van der Waals surface area contributed by atoms with E-state index in [4.69, 9.17) is 16.3 Å². The lowest BCUT2D eigenvalue weighted by Gasteiger charge is -2.41. The summed E-state index contributed by atoms with van der Waals surface area (Å²) in [5.41, 5.74) is 4.43. The average molecular weight is 641 g/mol. The number of carbonyl (C=O) groups is 2. The molecule has 5 N–H and O–H groups in total. The van der Waals surface area contributed by atoms with Crippen LogP contribution in [-0.2, 0) is 4.79 Å². The summed E-state index contributed by atoms with van der Waals surface area (Å²) in [6.07, 6.45) is 4.61. The van der Waals surface area contributed by atoms with Crippen LogP contribution in [0.15, 0.2) is 85.6 Å². The van der Waals surface area contributed by atoms with Crippen LogP contribution in [-0.4, -0.2) is 54.6 Å². The summed E-state index contributed by atoms with van der Waals surface area (Å²) in [6, 6.07) is 20.8. The predicted octanol–water partition coefficient (Wildman–Crippen LogP) is 6.58. The first-order valence-corrected chi connectivity index (χ1v) is 15.2. The van der Waals surface area contributed by atoms with Gasteiger partial charge in [-0.3, -0.25) is 9.59 Å². The zero-order chi connectivity index (χ0) is 32.7. The Morgan fingerprint density at radius 2 is 1.72 bits per heavy atom. The normalized spacial score (nSPS) is 13.7. The molecule has 1 fully saturated rings. The molecule has 2 amide bonds. The molecule has 4 aromatic rings. The van der Waals surface area contributed by atoms with Crippen LogP contribution in [0.2, 0.25) is 5.02 Å². The first-order chi connectivity index (χ1) is 22.2. The average Bonchev–Trinajstić information content (AvgIpc) is 3.07. The molecule has 46 heavy (non-hydrogen) atoms. The van der Waals surface area contributed by atoms with Crippen molar-refractivity contribution in [3.63, 3.8) is 0 Å². The molecule has 1 aliphatic rings. The SMILES string of the molecule is C=CC(=O)Nc1ccc(NC2(C)CCN(c3ccc(Nc4ncc(Cl)c(Nc5ccccc5C(=O)NC)n4)c(OC)c3)CC2)cc1. The number of aromatic nitrogens is 2. The number of hydrogen-bond acceptors (Lipinski definition) is 9. The topological polar surface area (TPSA) is 133 Å². The second-order valence-corrected chi connectivity index (χ2v) is 11.5. The van der Waals surface area contributed by atoms with Crippen molar-refractivity contribution in [2.24, 2.45) is 0 Å². The zero-order valence-corrected chi connectivity index (χ0v) is 26.7. The van der Waals surface area contributed by atoms with Crippen molar-refractivity contribution in [2.75, 3.05) is 53.4 Å². The molecular weight excluding hydrogens is 604 g/mol. The van der Waals surface area contributed by atoms with E-state index in [1.807, 2.05) is 48.5 Å². The van der Waals surface area contributed by atoms with Gasteiger partial charge in [-0.2, -0.15) is 4.98 Å². The molecule has 0 unspecified atom stereocenters. The lowest BCUT2D eigenvalue weighted by atomic mass is 9.89. The number of carbonyl (C=O) groups excluding carboxylic acids is 2. The highest BCUT2D eigenvalue weighted by molar-refractivity contribution is 6.33. The smallest absolute Gasteiger partial charge is 0.253 e. The summed E-state index contributed by atoms with van der Waals surface area (Å²) in [7, 11) is 3.20. The van der Waals surface area contributed by atoms with E-state index in [0.29, 0.717) is 39.5 Å². The highest BCUT2D eigenvalue weighted by Crippen LogP contribution is 2.35. The second kappa shape index (κ2) is 14.2. The van der Waals surface area contributed by atoms with Gasteiger partial charge in [0.15, 0.2) is 5.82 Å². The van der Waals surface area contributed by atoms with Gasteiger partial charge in [0.05, 0.1) is 30.2 Å². The molecule has 1 saturated heterocycles. The molecule has 5 rings (SSSR count). The molecule has 238 valence electrons. The fourth-order valence-electron chi connectivity index (χ4n) is 5.23. The minimum absolute atomic E-state index is 0.0769. The standard InChI is InChI=1S/C34H37ClN8O3/c1-5-30(44)38-22-10-12-23(13-11-22)42-34(2)16-18-43(19-17-34)24-14-15-28(29(20-24)46-4)40-33-37-21-26(35)31(41-33)39-27-9-7-6-8-25(27)32(45)36-3/h5-15,20-21,42H,1,16-19H2,2-4H3,(H,36,45)(H,38,44)(H2,37,39,40,41). The van der Waals surface area contributed by atoms with Crippen molar-refractivity contribution in [1.82, 2.24) is 15.3 Å². The number of benzene rings is 3. The maximum atomic E-state index is 12.3. The van der Waals surface area contributed by atoms with Gasteiger partial charge in [0.25, 0.3) is 5.91 Å². The summed E-state index contributed by atoms with van der Waals surface area (Å²) in [5, 5.41) is 15.8. The summed E-state index contributed by atoms with van der Waals surface area (Å²) in [5.74, 6) is 0.847. The maximum Gasteiger partial charge on any atom is 0.253 e. The van der Waals surface area contributed by atoms with Crippen LogP contribution >= 0.6 is 11.6 Å². The highest BCUT2D eigenvalue weighted by atomic mass is 35.5. The third kappa shape index (κ3) is 7.67. The van der Waals surface area contributed by atoms with Gasteiger partial charge >= 0.3 is 0 Å². The van der Waals surface area contributed by atoms with Crippen molar-refractivity contribution in [2.45, 2.75) is 25.3 Å². The molecular formula is C34H37ClN8O3. The molecule has 2 heterocycles. The molecule has 0 radical (unpaired) electrons. The predicted molar refractivity (Wildman–Crippen MR) is 185 cm³/mol. The molecule has 11 nitrogen and oxygen atoms in total. The third-order valence-electron chi connectivity index (χ3n) is 7.84. The van der Waals surface area contributed by atoms with E-state index in [9.17, 15) is 9.59 Å². The number of nitrogens with one attached hydrogen (secondary N) is 5. The Bertz CT molecular complexity index is 1720. The van der Waals surface area contributed by atoms with Gasteiger partial charge in [0, 0.05) is 48.8 Å².